The van der Waals surface area contributed by atoms with Gasteiger partial charge in [0.25, 0.3) is 5.91 Å². The number of alkyl halides is 3. The van der Waals surface area contributed by atoms with Gasteiger partial charge in [0.15, 0.2) is 6.61 Å². The zero-order valence-electron chi connectivity index (χ0n) is 14.5. The molecule has 6 nitrogen and oxygen atoms in total. The Labute approximate surface area is 156 Å². The highest BCUT2D eigenvalue weighted by atomic mass is 32.2. The van der Waals surface area contributed by atoms with Gasteiger partial charge in [-0.15, -0.1) is 0 Å². The van der Waals surface area contributed by atoms with Crippen molar-refractivity contribution >= 4 is 16.7 Å². The van der Waals surface area contributed by atoms with E-state index in [2.05, 4.69) is 5.10 Å². The largest absolute Gasteiger partial charge is 0.484 e. The quantitative estimate of drug-likeness (QED) is 0.788. The lowest BCUT2D eigenvalue weighted by Crippen LogP contribution is -2.46. The molecule has 2 aromatic rings. The maximum absolute atomic E-state index is 12.6. The van der Waals surface area contributed by atoms with Gasteiger partial charge >= 0.3 is 6.18 Å². The predicted octanol–water partition coefficient (Wildman–Crippen LogP) is 2.15. The van der Waals surface area contributed by atoms with E-state index in [-0.39, 0.29) is 24.3 Å². The highest BCUT2D eigenvalue weighted by molar-refractivity contribution is 7.85. The fourth-order valence-electron chi connectivity index (χ4n) is 2.86. The summed E-state index contributed by atoms with van der Waals surface area (Å²) < 4.78 is 56.6. The molecule has 1 saturated heterocycles. The Hall–Kier alpha value is -2.36. The molecule has 0 aliphatic carbocycles. The van der Waals surface area contributed by atoms with E-state index in [1.54, 1.807) is 29.0 Å². The Bertz CT molecular complexity index is 836. The second-order valence-electron chi connectivity index (χ2n) is 6.17. The first-order valence-electron chi connectivity index (χ1n) is 8.17. The molecule has 1 aromatic heterocycles. The van der Waals surface area contributed by atoms with Gasteiger partial charge in [-0.1, -0.05) is 0 Å². The monoisotopic (exact) mass is 401 g/mol. The Kier molecular flexibility index (Phi) is 5.54. The van der Waals surface area contributed by atoms with Crippen molar-refractivity contribution in [3.63, 3.8) is 0 Å². The van der Waals surface area contributed by atoms with Crippen LogP contribution in [0.1, 0.15) is 17.2 Å². The van der Waals surface area contributed by atoms with Crippen LogP contribution in [-0.2, 0) is 28.8 Å². The topological polar surface area (TPSA) is 64.4 Å². The molecular formula is C17H18F3N3O3S. The van der Waals surface area contributed by atoms with E-state index in [0.29, 0.717) is 18.1 Å². The van der Waals surface area contributed by atoms with Crippen molar-refractivity contribution in [1.29, 1.82) is 0 Å². The summed E-state index contributed by atoms with van der Waals surface area (Å²) >= 11 is 0. The Morgan fingerprint density at radius 2 is 2.04 bits per heavy atom. The summed E-state index contributed by atoms with van der Waals surface area (Å²) in [7, 11) is 0.725. The molecule has 1 aromatic carbocycles. The average molecular weight is 401 g/mol. The van der Waals surface area contributed by atoms with Gasteiger partial charge in [0.2, 0.25) is 0 Å². The van der Waals surface area contributed by atoms with Gasteiger partial charge in [-0.3, -0.25) is 13.7 Å². The molecule has 1 aliphatic heterocycles. The third-order valence-corrected chi connectivity index (χ3v) is 5.58. The molecule has 1 fully saturated rings. The molecule has 0 radical (unpaired) electrons. The number of aryl methyl sites for hydroxylation is 1. The molecule has 0 unspecified atom stereocenters. The number of rotatable bonds is 4. The van der Waals surface area contributed by atoms with Gasteiger partial charge in [-0.2, -0.15) is 18.3 Å². The van der Waals surface area contributed by atoms with Crippen LogP contribution in [0.15, 0.2) is 36.7 Å². The van der Waals surface area contributed by atoms with Crippen LogP contribution in [0, 0.1) is 0 Å². The molecule has 0 N–H and O–H groups in total. The summed E-state index contributed by atoms with van der Waals surface area (Å²) in [4.78, 5) is 14.2. The first-order valence-corrected chi connectivity index (χ1v) is 9.66. The summed E-state index contributed by atoms with van der Waals surface area (Å²) in [5.41, 5.74) is 0.00441. The van der Waals surface area contributed by atoms with E-state index in [1.807, 2.05) is 0 Å². The smallest absolute Gasteiger partial charge is 0.416 e. The lowest BCUT2D eigenvalue weighted by molar-refractivity contribution is -0.138. The van der Waals surface area contributed by atoms with Gasteiger partial charge in [0, 0.05) is 47.7 Å². The van der Waals surface area contributed by atoms with Crippen molar-refractivity contribution in [2.45, 2.75) is 12.2 Å². The fourth-order valence-corrected chi connectivity index (χ4v) is 4.15. The maximum atomic E-state index is 12.6. The van der Waals surface area contributed by atoms with Crippen LogP contribution in [0.5, 0.6) is 5.75 Å². The fraction of sp³-hybridized carbons (Fsp3) is 0.412. The van der Waals surface area contributed by atoms with Crippen molar-refractivity contribution in [3.05, 3.63) is 47.8 Å². The number of hydrogen-bond acceptors (Lipinski definition) is 4. The number of carbonyl (C=O) groups is 1. The maximum Gasteiger partial charge on any atom is 0.416 e. The molecule has 3 rings (SSSR count). The molecule has 1 amide bonds. The van der Waals surface area contributed by atoms with Gasteiger partial charge in [-0.25, -0.2) is 0 Å². The van der Waals surface area contributed by atoms with E-state index < -0.39 is 22.5 Å². The zero-order chi connectivity index (χ0) is 19.6. The number of halogens is 3. The number of ether oxygens (including phenoxy) is 1. The van der Waals surface area contributed by atoms with Gasteiger partial charge in [0.1, 0.15) is 5.75 Å². The number of carbonyl (C=O) groups excluding carboxylic acids is 1. The van der Waals surface area contributed by atoms with Crippen molar-refractivity contribution in [2.75, 3.05) is 24.7 Å². The number of nitrogens with zero attached hydrogens (tertiary/aromatic N) is 3. The van der Waals surface area contributed by atoms with E-state index in [4.69, 9.17) is 4.74 Å². The highest BCUT2D eigenvalue weighted by Gasteiger charge is 2.32. The molecule has 2 heterocycles. The van der Waals surface area contributed by atoms with Gasteiger partial charge in [0.05, 0.1) is 17.8 Å². The normalized spacial score (nSPS) is 20.5. The molecule has 0 saturated carbocycles. The van der Waals surface area contributed by atoms with Crippen molar-refractivity contribution in [2.24, 2.45) is 7.05 Å². The van der Waals surface area contributed by atoms with Crippen molar-refractivity contribution < 1.29 is 26.9 Å². The minimum absolute atomic E-state index is 0.176. The molecule has 0 bridgehead atoms. The van der Waals surface area contributed by atoms with Crippen LogP contribution in [-0.4, -0.2) is 49.5 Å². The van der Waals surface area contributed by atoms with Crippen LogP contribution >= 0.6 is 0 Å². The summed E-state index contributed by atoms with van der Waals surface area (Å²) in [5.74, 6) is 0.552. The van der Waals surface area contributed by atoms with Crippen LogP contribution in [0.2, 0.25) is 0 Å². The molecular weight excluding hydrogens is 383 g/mol. The second kappa shape index (κ2) is 7.71. The molecule has 27 heavy (non-hydrogen) atoms. The lowest BCUT2D eigenvalue weighted by atomic mass is 10.1. The van der Waals surface area contributed by atoms with Crippen molar-refractivity contribution in [3.8, 4) is 5.75 Å². The average Bonchev–Trinajstić information content (AvgIpc) is 3.05. The lowest BCUT2D eigenvalue weighted by Gasteiger charge is -2.34. The third-order valence-electron chi connectivity index (χ3n) is 4.25. The predicted molar refractivity (Wildman–Crippen MR) is 92.5 cm³/mol. The summed E-state index contributed by atoms with van der Waals surface area (Å²) in [6.45, 7) is 0.0101. The van der Waals surface area contributed by atoms with Gasteiger partial charge in [-0.05, 0) is 24.3 Å². The summed E-state index contributed by atoms with van der Waals surface area (Å²) in [6.07, 6.45) is -1.02. The van der Waals surface area contributed by atoms with E-state index in [0.717, 1.165) is 17.7 Å². The molecule has 0 spiro atoms. The first kappa shape index (κ1) is 19.4. The number of amides is 1. The van der Waals surface area contributed by atoms with Crippen LogP contribution in [0.25, 0.3) is 0 Å². The second-order valence-corrected chi connectivity index (χ2v) is 7.79. The van der Waals surface area contributed by atoms with Gasteiger partial charge < -0.3 is 9.64 Å². The number of aromatic nitrogens is 2. The summed E-state index contributed by atoms with van der Waals surface area (Å²) in [6, 6.07) is 3.81. The SMILES string of the molecule is Cn1cc([C@@H]2C[S@@](=O)CCN2C(=O)COc2ccc(C(F)(F)F)cc2)cn1. The minimum atomic E-state index is -4.42. The molecule has 1 aliphatic rings. The Morgan fingerprint density at radius 3 is 2.63 bits per heavy atom. The van der Waals surface area contributed by atoms with Crippen molar-refractivity contribution in [1.82, 2.24) is 14.7 Å². The van der Waals surface area contributed by atoms with Crippen LogP contribution in [0.4, 0.5) is 13.2 Å². The van der Waals surface area contributed by atoms with Crippen LogP contribution in [0.3, 0.4) is 0 Å². The number of benzene rings is 1. The molecule has 2 atom stereocenters. The zero-order valence-corrected chi connectivity index (χ0v) is 15.3. The van der Waals surface area contributed by atoms with E-state index in [9.17, 15) is 22.2 Å². The first-order chi connectivity index (χ1) is 12.7. The minimum Gasteiger partial charge on any atom is -0.484 e. The molecule has 146 valence electrons. The van der Waals surface area contributed by atoms with E-state index in [1.165, 1.54) is 12.1 Å². The van der Waals surface area contributed by atoms with E-state index >= 15 is 0 Å². The summed E-state index contributed by atoms with van der Waals surface area (Å²) in [5, 5.41) is 4.09. The van der Waals surface area contributed by atoms with Crippen LogP contribution < -0.4 is 4.74 Å². The number of hydrogen-bond donors (Lipinski definition) is 0. The Morgan fingerprint density at radius 1 is 1.33 bits per heavy atom. The standard InChI is InChI=1S/C17H18F3N3O3S/c1-22-9-12(8-21-22)15-11-27(25)7-6-23(15)16(24)10-26-14-4-2-13(3-5-14)17(18,19)20/h2-5,8-9,15H,6-7,10-11H2,1H3/t15-,27-/m0/s1. The third kappa shape index (κ3) is 4.68. The Balaban J connectivity index is 1.66. The molecule has 10 heteroatoms. The highest BCUT2D eigenvalue weighted by Crippen LogP contribution is 2.30.